The van der Waals surface area contributed by atoms with Crippen molar-refractivity contribution in [2.24, 2.45) is 0 Å². The number of terminal acetylenes is 1. The van der Waals surface area contributed by atoms with Crippen molar-refractivity contribution in [3.8, 4) is 12.3 Å². The van der Waals surface area contributed by atoms with Crippen LogP contribution in [-0.4, -0.2) is 30.3 Å². The number of Topliss-reactive ketones (excluding diaryl/α,β-unsaturated/α-hetero) is 1. The molecule has 0 aliphatic rings. The lowest BCUT2D eigenvalue weighted by molar-refractivity contribution is 0.0940. The third kappa shape index (κ3) is 4.91. The van der Waals surface area contributed by atoms with Crippen molar-refractivity contribution in [2.45, 2.75) is 6.42 Å². The first-order chi connectivity index (χ1) is 10.3. The summed E-state index contributed by atoms with van der Waals surface area (Å²) in [5.41, 5.74) is 1.99. The zero-order chi connectivity index (χ0) is 14.9. The normalized spacial score (nSPS) is 10.3. The first-order valence-corrected chi connectivity index (χ1v) is 7.07. The number of rotatable bonds is 7. The molecule has 21 heavy (non-hydrogen) atoms. The molecule has 0 unspecified atom stereocenters. The Kier molecular flexibility index (Phi) is 5.75. The van der Waals surface area contributed by atoms with Gasteiger partial charge in [-0.3, -0.25) is 9.69 Å². The molecule has 0 aromatic heterocycles. The molecule has 2 heteroatoms. The molecule has 0 amide bonds. The maximum Gasteiger partial charge on any atom is 0.176 e. The molecule has 0 heterocycles. The summed E-state index contributed by atoms with van der Waals surface area (Å²) in [6.07, 6.45) is 6.30. The highest BCUT2D eigenvalue weighted by Crippen LogP contribution is 2.05. The van der Waals surface area contributed by atoms with E-state index in [9.17, 15) is 4.79 Å². The zero-order valence-corrected chi connectivity index (χ0v) is 12.0. The summed E-state index contributed by atoms with van der Waals surface area (Å²) in [5.74, 6) is 2.74. The fourth-order valence-corrected chi connectivity index (χ4v) is 2.19. The molecule has 0 atom stereocenters. The van der Waals surface area contributed by atoms with Crippen LogP contribution >= 0.6 is 0 Å². The Morgan fingerprint density at radius 1 is 1.00 bits per heavy atom. The minimum Gasteiger partial charge on any atom is -0.293 e. The zero-order valence-electron chi connectivity index (χ0n) is 12.0. The van der Waals surface area contributed by atoms with Crippen molar-refractivity contribution >= 4 is 5.78 Å². The number of hydrogen-bond acceptors (Lipinski definition) is 2. The number of nitrogens with zero attached hydrogens (tertiary/aromatic N) is 1. The molecule has 0 aliphatic heterocycles. The highest BCUT2D eigenvalue weighted by Gasteiger charge is 2.11. The lowest BCUT2D eigenvalue weighted by Gasteiger charge is -2.19. The number of ketones is 1. The topological polar surface area (TPSA) is 20.3 Å². The number of benzene rings is 2. The van der Waals surface area contributed by atoms with Gasteiger partial charge in [0.05, 0.1) is 13.1 Å². The van der Waals surface area contributed by atoms with Crippen LogP contribution in [0.1, 0.15) is 15.9 Å². The fraction of sp³-hybridized carbons (Fsp3) is 0.211. The van der Waals surface area contributed by atoms with Gasteiger partial charge in [-0.2, -0.15) is 0 Å². The van der Waals surface area contributed by atoms with Gasteiger partial charge in [0.15, 0.2) is 5.78 Å². The summed E-state index contributed by atoms with van der Waals surface area (Å²) in [6.45, 7) is 1.64. The lowest BCUT2D eigenvalue weighted by Crippen LogP contribution is -2.32. The van der Waals surface area contributed by atoms with E-state index in [-0.39, 0.29) is 5.78 Å². The molecule has 2 nitrogen and oxygen atoms in total. The molecule has 2 aromatic carbocycles. The van der Waals surface area contributed by atoms with Gasteiger partial charge in [-0.05, 0) is 12.0 Å². The molecule has 0 N–H and O–H groups in total. The van der Waals surface area contributed by atoms with Crippen LogP contribution in [0.15, 0.2) is 60.7 Å². The Morgan fingerprint density at radius 3 is 2.24 bits per heavy atom. The maximum atomic E-state index is 12.2. The predicted octanol–water partition coefficient (Wildman–Crippen LogP) is 3.05. The van der Waals surface area contributed by atoms with Gasteiger partial charge in [-0.15, -0.1) is 6.42 Å². The van der Waals surface area contributed by atoms with Crippen LogP contribution < -0.4 is 0 Å². The third-order valence-corrected chi connectivity index (χ3v) is 3.34. The van der Waals surface area contributed by atoms with Crippen LogP contribution in [0.25, 0.3) is 0 Å². The van der Waals surface area contributed by atoms with Crippen molar-refractivity contribution in [3.63, 3.8) is 0 Å². The molecule has 0 fully saturated rings. The molecule has 0 radical (unpaired) electrons. The van der Waals surface area contributed by atoms with Crippen molar-refractivity contribution in [3.05, 3.63) is 71.8 Å². The summed E-state index contributed by atoms with van der Waals surface area (Å²) < 4.78 is 0. The van der Waals surface area contributed by atoms with Gasteiger partial charge in [-0.25, -0.2) is 0 Å². The van der Waals surface area contributed by atoms with E-state index in [2.05, 4.69) is 18.1 Å². The molecular formula is C19H19NO. The maximum absolute atomic E-state index is 12.2. The standard InChI is InChI=1S/C19H19NO/c1-2-14-20(15-13-17-9-5-3-6-10-17)16-19(21)18-11-7-4-8-12-18/h1,3-12H,13-16H2. The Morgan fingerprint density at radius 2 is 1.62 bits per heavy atom. The van der Waals surface area contributed by atoms with Crippen molar-refractivity contribution in [1.82, 2.24) is 4.90 Å². The Balaban J connectivity index is 1.93. The summed E-state index contributed by atoms with van der Waals surface area (Å²) in [4.78, 5) is 14.2. The number of carbonyl (C=O) groups is 1. The third-order valence-electron chi connectivity index (χ3n) is 3.34. The minimum absolute atomic E-state index is 0.110. The van der Waals surface area contributed by atoms with Crippen LogP contribution in [0.2, 0.25) is 0 Å². The monoisotopic (exact) mass is 277 g/mol. The van der Waals surface area contributed by atoms with Gasteiger partial charge in [0.2, 0.25) is 0 Å². The lowest BCUT2D eigenvalue weighted by atomic mass is 10.1. The highest BCUT2D eigenvalue weighted by molar-refractivity contribution is 5.97. The number of hydrogen-bond donors (Lipinski definition) is 0. The molecule has 0 saturated heterocycles. The van der Waals surface area contributed by atoms with Crippen molar-refractivity contribution < 1.29 is 4.79 Å². The second kappa shape index (κ2) is 8.04. The van der Waals surface area contributed by atoms with E-state index in [1.807, 2.05) is 53.4 Å². The van der Waals surface area contributed by atoms with Gasteiger partial charge >= 0.3 is 0 Å². The van der Waals surface area contributed by atoms with E-state index in [4.69, 9.17) is 6.42 Å². The molecular weight excluding hydrogens is 258 g/mol. The van der Waals surface area contributed by atoms with Crippen LogP contribution in [0.5, 0.6) is 0 Å². The van der Waals surface area contributed by atoms with E-state index in [0.29, 0.717) is 13.1 Å². The van der Waals surface area contributed by atoms with E-state index >= 15 is 0 Å². The van der Waals surface area contributed by atoms with Gasteiger partial charge in [0.1, 0.15) is 0 Å². The first kappa shape index (κ1) is 15.0. The smallest absolute Gasteiger partial charge is 0.176 e. The Hall–Kier alpha value is -2.37. The second-order valence-corrected chi connectivity index (χ2v) is 4.94. The molecule has 0 saturated carbocycles. The SMILES string of the molecule is C#CCN(CCc1ccccc1)CC(=O)c1ccccc1. The Labute approximate surface area is 126 Å². The summed E-state index contributed by atoms with van der Waals surface area (Å²) in [5, 5.41) is 0. The quantitative estimate of drug-likeness (QED) is 0.572. The largest absolute Gasteiger partial charge is 0.293 e. The second-order valence-electron chi connectivity index (χ2n) is 4.94. The predicted molar refractivity (Wildman–Crippen MR) is 86.2 cm³/mol. The average molecular weight is 277 g/mol. The highest BCUT2D eigenvalue weighted by atomic mass is 16.1. The Bertz CT molecular complexity index is 598. The van der Waals surface area contributed by atoms with Crippen LogP contribution in [0.4, 0.5) is 0 Å². The summed E-state index contributed by atoms with van der Waals surface area (Å²) in [6, 6.07) is 19.6. The van der Waals surface area contributed by atoms with Crippen LogP contribution in [0.3, 0.4) is 0 Å². The van der Waals surface area contributed by atoms with E-state index < -0.39 is 0 Å². The summed E-state index contributed by atoms with van der Waals surface area (Å²) in [7, 11) is 0. The van der Waals surface area contributed by atoms with Gasteiger partial charge in [0.25, 0.3) is 0 Å². The average Bonchev–Trinajstić information content (AvgIpc) is 2.54. The molecule has 0 aliphatic carbocycles. The molecule has 2 rings (SSSR count). The van der Waals surface area contributed by atoms with E-state index in [0.717, 1.165) is 18.5 Å². The minimum atomic E-state index is 0.110. The fourth-order valence-electron chi connectivity index (χ4n) is 2.19. The number of carbonyl (C=O) groups excluding carboxylic acids is 1. The molecule has 106 valence electrons. The van der Waals surface area contributed by atoms with Crippen molar-refractivity contribution in [1.29, 1.82) is 0 Å². The summed E-state index contributed by atoms with van der Waals surface area (Å²) >= 11 is 0. The van der Waals surface area contributed by atoms with E-state index in [1.165, 1.54) is 5.56 Å². The van der Waals surface area contributed by atoms with Gasteiger partial charge < -0.3 is 0 Å². The van der Waals surface area contributed by atoms with Crippen LogP contribution in [-0.2, 0) is 6.42 Å². The van der Waals surface area contributed by atoms with Gasteiger partial charge in [-0.1, -0.05) is 66.6 Å². The molecule has 2 aromatic rings. The van der Waals surface area contributed by atoms with E-state index in [1.54, 1.807) is 0 Å². The molecule has 0 spiro atoms. The van der Waals surface area contributed by atoms with Crippen LogP contribution in [0, 0.1) is 12.3 Å². The van der Waals surface area contributed by atoms with Crippen molar-refractivity contribution in [2.75, 3.05) is 19.6 Å². The molecule has 0 bridgehead atoms. The first-order valence-electron chi connectivity index (χ1n) is 7.07. The van der Waals surface area contributed by atoms with Gasteiger partial charge in [0, 0.05) is 12.1 Å².